The highest BCUT2D eigenvalue weighted by Crippen LogP contribution is 2.37. The summed E-state index contributed by atoms with van der Waals surface area (Å²) in [5.41, 5.74) is 0.708. The molecular weight excluding hydrogens is 278 g/mol. The minimum atomic E-state index is -0.328. The van der Waals surface area contributed by atoms with Gasteiger partial charge in [-0.3, -0.25) is 4.79 Å². The number of benzene rings is 2. The normalized spacial score (nSPS) is 10.1. The lowest BCUT2D eigenvalue weighted by molar-refractivity contribution is 0.102. The summed E-state index contributed by atoms with van der Waals surface area (Å²) in [5, 5.41) is 13.0. The third kappa shape index (κ3) is 3.22. The molecule has 0 aliphatic rings. The van der Waals surface area contributed by atoms with Gasteiger partial charge in [0.15, 0.2) is 11.5 Å². The van der Waals surface area contributed by atoms with E-state index in [9.17, 15) is 9.90 Å². The van der Waals surface area contributed by atoms with Crippen LogP contribution < -0.4 is 10.1 Å². The molecule has 2 aromatic rings. The molecule has 1 amide bonds. The molecule has 4 nitrogen and oxygen atoms in total. The summed E-state index contributed by atoms with van der Waals surface area (Å²) in [7, 11) is 0. The molecule has 0 saturated heterocycles. The summed E-state index contributed by atoms with van der Waals surface area (Å²) in [5.74, 6) is -0.227. The van der Waals surface area contributed by atoms with E-state index in [1.807, 2.05) is 6.07 Å². The molecule has 0 heterocycles. The molecule has 0 aromatic heterocycles. The standard InChI is InChI=1S/C15H14ClNO3/c1-2-20-13-9-11(16)8-12(14(13)18)17-15(19)10-6-4-3-5-7-10/h3-9,18H,2H2,1H3,(H,17,19). The van der Waals surface area contributed by atoms with Crippen molar-refractivity contribution in [2.75, 3.05) is 11.9 Å². The highest BCUT2D eigenvalue weighted by molar-refractivity contribution is 6.31. The zero-order valence-corrected chi connectivity index (χ0v) is 11.6. The van der Waals surface area contributed by atoms with Crippen LogP contribution in [0.3, 0.4) is 0 Å². The summed E-state index contributed by atoms with van der Waals surface area (Å²) in [6.45, 7) is 2.18. The van der Waals surface area contributed by atoms with E-state index in [4.69, 9.17) is 16.3 Å². The van der Waals surface area contributed by atoms with Gasteiger partial charge in [0.1, 0.15) is 0 Å². The Labute approximate surface area is 122 Å². The van der Waals surface area contributed by atoms with Crippen LogP contribution in [0.1, 0.15) is 17.3 Å². The number of amides is 1. The first-order valence-electron chi connectivity index (χ1n) is 6.13. The average molecular weight is 292 g/mol. The van der Waals surface area contributed by atoms with Crippen LogP contribution in [0.4, 0.5) is 5.69 Å². The molecule has 2 rings (SSSR count). The van der Waals surface area contributed by atoms with Crippen molar-refractivity contribution in [1.82, 2.24) is 0 Å². The fourth-order valence-corrected chi connectivity index (χ4v) is 1.93. The maximum Gasteiger partial charge on any atom is 0.255 e. The second-order valence-corrected chi connectivity index (χ2v) is 4.49. The molecule has 0 spiro atoms. The third-order valence-electron chi connectivity index (χ3n) is 2.62. The van der Waals surface area contributed by atoms with Crippen molar-refractivity contribution in [3.8, 4) is 11.5 Å². The van der Waals surface area contributed by atoms with Gasteiger partial charge in [-0.15, -0.1) is 0 Å². The molecule has 0 saturated carbocycles. The smallest absolute Gasteiger partial charge is 0.255 e. The molecular formula is C15H14ClNO3. The lowest BCUT2D eigenvalue weighted by atomic mass is 10.2. The topological polar surface area (TPSA) is 58.6 Å². The van der Waals surface area contributed by atoms with E-state index >= 15 is 0 Å². The van der Waals surface area contributed by atoms with Gasteiger partial charge in [-0.25, -0.2) is 0 Å². The third-order valence-corrected chi connectivity index (χ3v) is 2.84. The maximum atomic E-state index is 12.0. The largest absolute Gasteiger partial charge is 0.503 e. The predicted molar refractivity (Wildman–Crippen MR) is 78.7 cm³/mol. The number of hydrogen-bond acceptors (Lipinski definition) is 3. The zero-order valence-electron chi connectivity index (χ0n) is 10.9. The minimum absolute atomic E-state index is 0.138. The van der Waals surface area contributed by atoms with Gasteiger partial charge in [-0.1, -0.05) is 29.8 Å². The lowest BCUT2D eigenvalue weighted by Crippen LogP contribution is -2.12. The number of phenols is 1. The molecule has 2 N–H and O–H groups in total. The quantitative estimate of drug-likeness (QED) is 0.845. The Morgan fingerprint density at radius 2 is 2.00 bits per heavy atom. The number of phenolic OH excluding ortho intramolecular Hbond substituents is 1. The van der Waals surface area contributed by atoms with Crippen molar-refractivity contribution in [2.24, 2.45) is 0 Å². The van der Waals surface area contributed by atoms with Crippen molar-refractivity contribution in [2.45, 2.75) is 6.92 Å². The molecule has 104 valence electrons. The summed E-state index contributed by atoms with van der Waals surface area (Å²) in [4.78, 5) is 12.0. The number of rotatable bonds is 4. The van der Waals surface area contributed by atoms with Crippen molar-refractivity contribution in [1.29, 1.82) is 0 Å². The first-order chi connectivity index (χ1) is 9.61. The van der Waals surface area contributed by atoms with Crippen LogP contribution in [0, 0.1) is 0 Å². The zero-order chi connectivity index (χ0) is 14.5. The Bertz CT molecular complexity index is 614. The molecule has 0 unspecified atom stereocenters. The van der Waals surface area contributed by atoms with Crippen molar-refractivity contribution in [3.63, 3.8) is 0 Å². The van der Waals surface area contributed by atoms with Gasteiger partial charge >= 0.3 is 0 Å². The molecule has 0 atom stereocenters. The number of ether oxygens (including phenoxy) is 1. The Morgan fingerprint density at radius 1 is 1.30 bits per heavy atom. The van der Waals surface area contributed by atoms with E-state index in [-0.39, 0.29) is 23.1 Å². The van der Waals surface area contributed by atoms with Crippen LogP contribution >= 0.6 is 11.6 Å². The number of halogens is 1. The number of aromatic hydroxyl groups is 1. The molecule has 20 heavy (non-hydrogen) atoms. The molecule has 0 aliphatic carbocycles. The van der Waals surface area contributed by atoms with Gasteiger partial charge in [-0.05, 0) is 25.1 Å². The lowest BCUT2D eigenvalue weighted by Gasteiger charge is -2.12. The number of nitrogens with one attached hydrogen (secondary N) is 1. The molecule has 5 heteroatoms. The summed E-state index contributed by atoms with van der Waals surface area (Å²) >= 11 is 5.94. The first kappa shape index (κ1) is 14.2. The predicted octanol–water partition coefficient (Wildman–Crippen LogP) is 3.70. The van der Waals surface area contributed by atoms with Crippen molar-refractivity contribution < 1.29 is 14.6 Å². The number of anilines is 1. The van der Waals surface area contributed by atoms with Gasteiger partial charge in [0.2, 0.25) is 0 Å². The Kier molecular flexibility index (Phi) is 4.48. The fourth-order valence-electron chi connectivity index (χ4n) is 1.72. The van der Waals surface area contributed by atoms with E-state index in [0.29, 0.717) is 17.2 Å². The number of carbonyl (C=O) groups is 1. The van der Waals surface area contributed by atoms with Gasteiger partial charge in [0.05, 0.1) is 12.3 Å². The van der Waals surface area contributed by atoms with E-state index in [0.717, 1.165) is 0 Å². The molecule has 0 fully saturated rings. The van der Waals surface area contributed by atoms with E-state index in [2.05, 4.69) is 5.32 Å². The molecule has 0 bridgehead atoms. The fraction of sp³-hybridized carbons (Fsp3) is 0.133. The van der Waals surface area contributed by atoms with E-state index in [1.165, 1.54) is 12.1 Å². The number of carbonyl (C=O) groups excluding carboxylic acids is 1. The van der Waals surface area contributed by atoms with Crippen LogP contribution in [-0.2, 0) is 0 Å². The second-order valence-electron chi connectivity index (χ2n) is 4.05. The Hall–Kier alpha value is -2.20. The van der Waals surface area contributed by atoms with Gasteiger partial charge in [0, 0.05) is 16.7 Å². The Balaban J connectivity index is 2.27. The van der Waals surface area contributed by atoms with Gasteiger partial charge in [0.25, 0.3) is 5.91 Å². The summed E-state index contributed by atoms with van der Waals surface area (Å²) < 4.78 is 5.26. The highest BCUT2D eigenvalue weighted by atomic mass is 35.5. The summed E-state index contributed by atoms with van der Waals surface area (Å²) in [6.07, 6.45) is 0. The maximum absolute atomic E-state index is 12.0. The van der Waals surface area contributed by atoms with Crippen LogP contribution in [0.25, 0.3) is 0 Å². The Morgan fingerprint density at radius 3 is 2.65 bits per heavy atom. The van der Waals surface area contributed by atoms with E-state index < -0.39 is 0 Å². The first-order valence-corrected chi connectivity index (χ1v) is 6.51. The monoisotopic (exact) mass is 291 g/mol. The van der Waals surface area contributed by atoms with Crippen LogP contribution in [0.15, 0.2) is 42.5 Å². The number of hydrogen-bond donors (Lipinski definition) is 2. The highest BCUT2D eigenvalue weighted by Gasteiger charge is 2.14. The van der Waals surface area contributed by atoms with Crippen LogP contribution in [0.5, 0.6) is 11.5 Å². The van der Waals surface area contributed by atoms with Crippen LogP contribution in [0.2, 0.25) is 5.02 Å². The van der Waals surface area contributed by atoms with Gasteiger partial charge < -0.3 is 15.2 Å². The SMILES string of the molecule is CCOc1cc(Cl)cc(NC(=O)c2ccccc2)c1O. The van der Waals surface area contributed by atoms with Gasteiger partial charge in [-0.2, -0.15) is 0 Å². The molecule has 0 radical (unpaired) electrons. The van der Waals surface area contributed by atoms with E-state index in [1.54, 1.807) is 31.2 Å². The van der Waals surface area contributed by atoms with Crippen LogP contribution in [-0.4, -0.2) is 17.6 Å². The van der Waals surface area contributed by atoms with Crippen molar-refractivity contribution >= 4 is 23.2 Å². The second kappa shape index (κ2) is 6.30. The minimum Gasteiger partial charge on any atom is -0.503 e. The summed E-state index contributed by atoms with van der Waals surface area (Å²) in [6, 6.07) is 11.7. The average Bonchev–Trinajstić information content (AvgIpc) is 2.45. The molecule has 2 aromatic carbocycles. The molecule has 0 aliphatic heterocycles. The van der Waals surface area contributed by atoms with Crippen molar-refractivity contribution in [3.05, 3.63) is 53.1 Å².